The van der Waals surface area contributed by atoms with Crippen LogP contribution in [-0.4, -0.2) is 176 Å². The number of carboxylic acid groups (broad SMARTS) is 1. The minimum absolute atomic E-state index is 0.0223. The molecule has 0 unspecified atom stereocenters. The van der Waals surface area contributed by atoms with Gasteiger partial charge in [-0.25, -0.2) is 19.2 Å². The summed E-state index contributed by atoms with van der Waals surface area (Å²) in [6.07, 6.45) is -16.9. The molecule has 0 radical (unpaired) electrons. The molecule has 0 saturated carbocycles. The molecular weight excluding hydrogens is 1050 g/mol. The largest absolute Gasteiger partial charge is 0.480 e. The van der Waals surface area contributed by atoms with Gasteiger partial charge in [0.15, 0.2) is 30.6 Å². The first kappa shape index (κ1) is 60.2. The van der Waals surface area contributed by atoms with Crippen LogP contribution >= 0.6 is 0 Å². The van der Waals surface area contributed by atoms with Gasteiger partial charge in [-0.2, -0.15) is 0 Å². The van der Waals surface area contributed by atoms with Gasteiger partial charge in [-0.1, -0.05) is 66.7 Å². The highest BCUT2D eigenvalue weighted by Crippen LogP contribution is 2.45. The molecule has 2 heterocycles. The van der Waals surface area contributed by atoms with Crippen LogP contribution in [-0.2, 0) is 90.5 Å². The Bertz CT molecular complexity index is 2690. The van der Waals surface area contributed by atoms with Gasteiger partial charge in [0.2, 0.25) is 11.8 Å². The van der Waals surface area contributed by atoms with Crippen molar-refractivity contribution in [3.05, 3.63) is 95.6 Å². The minimum Gasteiger partial charge on any atom is -0.480 e. The van der Waals surface area contributed by atoms with Gasteiger partial charge in [0.25, 0.3) is 5.79 Å². The van der Waals surface area contributed by atoms with Crippen LogP contribution in [0.1, 0.15) is 75.4 Å². The van der Waals surface area contributed by atoms with Gasteiger partial charge >= 0.3 is 47.9 Å². The molecule has 3 aromatic rings. The number of ether oxygens (including phenoxy) is 11. The molecule has 5 N–H and O–H groups in total. The molecule has 0 aromatic heterocycles. The van der Waals surface area contributed by atoms with Gasteiger partial charge < -0.3 is 78.3 Å². The average Bonchev–Trinajstić information content (AvgIpc) is 3.77. The lowest BCUT2D eigenvalue weighted by Gasteiger charge is -2.49. The van der Waals surface area contributed by atoms with Crippen LogP contribution in [0.3, 0.4) is 0 Å². The smallest absolute Gasteiger partial charge is 0.407 e. The minimum atomic E-state index is -2.85. The van der Waals surface area contributed by atoms with Gasteiger partial charge in [-0.05, 0) is 34.4 Å². The van der Waals surface area contributed by atoms with Gasteiger partial charge in [-0.15, -0.1) is 0 Å². The summed E-state index contributed by atoms with van der Waals surface area (Å²) < 4.78 is 62.9. The number of carboxylic acids is 1. The van der Waals surface area contributed by atoms with E-state index in [0.717, 1.165) is 70.9 Å². The van der Waals surface area contributed by atoms with Crippen LogP contribution in [0, 0.1) is 0 Å². The van der Waals surface area contributed by atoms with E-state index in [1.165, 1.54) is 24.3 Å². The number of methoxy groups -OCH3 is 1. The second-order valence-electron chi connectivity index (χ2n) is 18.4. The SMILES string of the molecule is COC(=O)[C@@]1(OC[C@@H]2O[C@@H](OC[C@@H](NC(=O)OCC3c4ccccc4-c4ccccc43)C(=O)O)[C@@H](NC(C)=O)[C@H](OC(=O)c3ccccc3)[C@@H]2O)C[C@H](OC(C)=O)[C@@H](NC(C)=O)[C@H]([C@H](OC(C)=O)[C@H](COC(C)=O)OC(C)=O)O1. The molecule has 2 aliphatic heterocycles. The lowest BCUT2D eigenvalue weighted by Crippen LogP contribution is -2.70. The van der Waals surface area contributed by atoms with Gasteiger partial charge in [0.05, 0.1) is 38.3 Å². The number of aliphatic hydroxyl groups is 1. The van der Waals surface area contributed by atoms with Crippen LogP contribution in [0.25, 0.3) is 11.1 Å². The number of carbonyl (C=O) groups excluding carboxylic acids is 9. The fourth-order valence-corrected chi connectivity index (χ4v) is 9.40. The zero-order valence-electron chi connectivity index (χ0n) is 43.9. The summed E-state index contributed by atoms with van der Waals surface area (Å²) in [5.41, 5.74) is 3.64. The van der Waals surface area contributed by atoms with E-state index >= 15 is 0 Å². The van der Waals surface area contributed by atoms with Crippen LogP contribution in [0.2, 0.25) is 0 Å². The summed E-state index contributed by atoms with van der Waals surface area (Å²) in [5, 5.41) is 29.7. The van der Waals surface area contributed by atoms with E-state index in [4.69, 9.17) is 52.1 Å². The Morgan fingerprint density at radius 2 is 1.29 bits per heavy atom. The highest BCUT2D eigenvalue weighted by atomic mass is 16.8. The number of amides is 3. The number of fused-ring (bicyclic) bond motifs is 3. The van der Waals surface area contributed by atoms with E-state index in [0.29, 0.717) is 0 Å². The molecule has 1 aliphatic carbocycles. The molecule has 0 spiro atoms. The fraction of sp³-hybridized carbons (Fsp3) is 0.472. The van der Waals surface area contributed by atoms with Crippen LogP contribution in [0.15, 0.2) is 78.9 Å². The van der Waals surface area contributed by atoms with E-state index in [2.05, 4.69) is 16.0 Å². The third-order valence-electron chi connectivity index (χ3n) is 12.6. The van der Waals surface area contributed by atoms with E-state index in [9.17, 15) is 58.2 Å². The molecule has 2 fully saturated rings. The molecule has 6 rings (SSSR count). The first-order valence-electron chi connectivity index (χ1n) is 24.7. The predicted octanol–water partition coefficient (Wildman–Crippen LogP) is 1.35. The number of rotatable bonds is 22. The van der Waals surface area contributed by atoms with Crippen molar-refractivity contribution in [2.24, 2.45) is 0 Å². The van der Waals surface area contributed by atoms with Gasteiger partial charge in [-0.3, -0.25) is 28.8 Å². The van der Waals surface area contributed by atoms with Crippen molar-refractivity contribution in [3.63, 3.8) is 0 Å². The number of nitrogens with one attached hydrogen (secondary N) is 3. The first-order chi connectivity index (χ1) is 37.5. The predicted molar refractivity (Wildman–Crippen MR) is 265 cm³/mol. The number of aliphatic hydroxyl groups excluding tert-OH is 1. The lowest BCUT2D eigenvalue weighted by atomic mass is 9.87. The highest BCUT2D eigenvalue weighted by molar-refractivity contribution is 5.89. The Hall–Kier alpha value is -8.04. The Balaban J connectivity index is 1.33. The molecule has 3 aliphatic rings. The monoisotopic (exact) mass is 1110 g/mol. The summed E-state index contributed by atoms with van der Waals surface area (Å²) >= 11 is 0. The topological polar surface area (TPSA) is 349 Å². The quantitative estimate of drug-likeness (QED) is 0.0700. The summed E-state index contributed by atoms with van der Waals surface area (Å²) in [6.45, 7) is 3.12. The number of benzene rings is 3. The maximum atomic E-state index is 14.2. The van der Waals surface area contributed by atoms with Gasteiger partial charge in [0.1, 0.15) is 43.7 Å². The van der Waals surface area contributed by atoms with Crippen molar-refractivity contribution >= 4 is 59.7 Å². The molecule has 426 valence electrons. The van der Waals surface area contributed by atoms with Crippen LogP contribution in [0.4, 0.5) is 4.79 Å². The van der Waals surface area contributed by atoms with Crippen LogP contribution in [0.5, 0.6) is 0 Å². The van der Waals surface area contributed by atoms with Crippen LogP contribution < -0.4 is 16.0 Å². The molecule has 3 aromatic carbocycles. The zero-order valence-corrected chi connectivity index (χ0v) is 43.9. The van der Waals surface area contributed by atoms with Crippen molar-refractivity contribution in [1.82, 2.24) is 16.0 Å². The second-order valence-corrected chi connectivity index (χ2v) is 18.4. The van der Waals surface area contributed by atoms with E-state index < -0.39 is 159 Å². The average molecular weight is 1110 g/mol. The van der Waals surface area contributed by atoms with E-state index in [-0.39, 0.29) is 18.1 Å². The zero-order chi connectivity index (χ0) is 57.7. The Labute approximate surface area is 451 Å². The van der Waals surface area contributed by atoms with Gasteiger partial charge in [0, 0.05) is 47.5 Å². The molecule has 2 saturated heterocycles. The molecule has 26 heteroatoms. The summed E-state index contributed by atoms with van der Waals surface area (Å²) in [6, 6.07) is 17.4. The normalized spacial score (nSPS) is 24.3. The summed E-state index contributed by atoms with van der Waals surface area (Å²) in [4.78, 5) is 130. The molecule has 26 nitrogen and oxygen atoms in total. The maximum absolute atomic E-state index is 14.2. The number of aliphatic carboxylic acids is 1. The first-order valence-corrected chi connectivity index (χ1v) is 24.7. The van der Waals surface area contributed by atoms with Crippen molar-refractivity contribution in [1.29, 1.82) is 0 Å². The fourth-order valence-electron chi connectivity index (χ4n) is 9.40. The maximum Gasteiger partial charge on any atom is 0.407 e. The summed E-state index contributed by atoms with van der Waals surface area (Å²) in [7, 11) is 0.904. The van der Waals surface area contributed by atoms with Crippen molar-refractivity contribution in [2.75, 3.05) is 33.5 Å². The van der Waals surface area contributed by atoms with E-state index in [1.54, 1.807) is 6.07 Å². The third-order valence-corrected chi connectivity index (χ3v) is 12.6. The second kappa shape index (κ2) is 27.0. The number of carbonyl (C=O) groups is 10. The number of esters is 6. The molecule has 79 heavy (non-hydrogen) atoms. The number of hydrogen-bond acceptors (Lipinski definition) is 22. The standard InChI is InChI=1S/C53H61N3O23/c1-26(57)54-42-39(74-29(4)60)21-53(51(67)69-7,79-47(42)45(76-31(6)62)41(75-30(5)61)24-70-28(3)59)73-25-40-44(63)46(78-49(66)32-15-9-8-10-16-32)43(55-27(2)58)50(77-40)71-23-38(48(64)65)56-52(68)72-22-37-35-19-13-11-17-33(35)34-18-12-14-20-36(34)37/h8-20,37-47,50,63H,21-25H2,1-7H3,(H,54,57)(H,55,58)(H,56,68)(H,64,65)/t38-,39+,40+,41+,42-,43+,44-,45-,46+,47-,50-,53-/m1/s1. The molecule has 3 amide bonds. The summed E-state index contributed by atoms with van der Waals surface area (Å²) in [5.74, 6) is -12.7. The number of hydrogen-bond donors (Lipinski definition) is 5. The van der Waals surface area contributed by atoms with Crippen molar-refractivity contribution < 1.29 is 110 Å². The van der Waals surface area contributed by atoms with Crippen molar-refractivity contribution in [3.8, 4) is 11.1 Å². The molecule has 0 bridgehead atoms. The Morgan fingerprint density at radius 3 is 1.85 bits per heavy atom. The Morgan fingerprint density at radius 1 is 0.696 bits per heavy atom. The third kappa shape index (κ3) is 15.4. The lowest BCUT2D eigenvalue weighted by molar-refractivity contribution is -0.332. The number of alkyl carbamates (subject to hydrolysis) is 1. The highest BCUT2D eigenvalue weighted by Gasteiger charge is 2.60. The van der Waals surface area contributed by atoms with E-state index in [1.807, 2.05) is 48.5 Å². The molecular formula is C53H61N3O23. The van der Waals surface area contributed by atoms with Crippen molar-refractivity contribution in [2.45, 2.75) is 127 Å². The molecule has 12 atom stereocenters. The Kier molecular flexibility index (Phi) is 20.6.